The largest absolute Gasteiger partial charge is 0.440 e. The minimum atomic E-state index is -3.59. The number of halogens is 3. The summed E-state index contributed by atoms with van der Waals surface area (Å²) in [4.78, 5) is 0. The molecule has 74 valence electrons. The van der Waals surface area contributed by atoms with Crippen LogP contribution in [-0.2, 0) is 14.2 Å². The third-order valence-corrected chi connectivity index (χ3v) is 1.03. The molecule has 0 aliphatic rings. The van der Waals surface area contributed by atoms with Gasteiger partial charge in [-0.05, 0) is 11.6 Å². The number of hydrogen-bond donors (Lipinski definition) is 0. The van der Waals surface area contributed by atoms with Crippen molar-refractivity contribution in [2.75, 3.05) is 33.5 Å². The molecule has 0 spiro atoms. The highest BCUT2D eigenvalue weighted by Gasteiger charge is 2.24. The zero-order chi connectivity index (χ0) is 9.45. The second-order valence-corrected chi connectivity index (χ2v) is 2.34. The van der Waals surface area contributed by atoms with Crippen molar-refractivity contribution in [3.05, 3.63) is 0 Å². The van der Waals surface area contributed by atoms with E-state index < -0.39 is 5.57 Å². The molecule has 0 amide bonds. The van der Waals surface area contributed by atoms with E-state index in [4.69, 9.17) is 4.74 Å². The summed E-state index contributed by atoms with van der Waals surface area (Å²) < 4.78 is 36.9. The first-order valence-corrected chi connectivity index (χ1v) is 3.71. The maximum Gasteiger partial charge on any atom is 0.440 e. The topological polar surface area (TPSA) is 27.7 Å². The van der Waals surface area contributed by atoms with Crippen molar-refractivity contribution in [3.8, 4) is 0 Å². The van der Waals surface area contributed by atoms with Crippen LogP contribution in [0.1, 0.15) is 0 Å². The number of rotatable bonds is 7. The van der Waals surface area contributed by atoms with Crippen LogP contribution in [0.25, 0.3) is 0 Å². The van der Waals surface area contributed by atoms with Crippen LogP contribution in [0.3, 0.4) is 0 Å². The molecule has 0 fully saturated rings. The van der Waals surface area contributed by atoms with Crippen LogP contribution in [0.2, 0.25) is 0 Å². The smallest absolute Gasteiger partial charge is 0.382 e. The zero-order valence-corrected chi connectivity index (χ0v) is 7.44. The van der Waals surface area contributed by atoms with Gasteiger partial charge in [0.15, 0.2) is 0 Å². The molecule has 3 nitrogen and oxygen atoms in total. The Hall–Kier alpha value is 0.0300. The van der Waals surface area contributed by atoms with Gasteiger partial charge in [-0.1, -0.05) is 0 Å². The Kier molecular flexibility index (Phi) is 6.55. The fourth-order valence-electron chi connectivity index (χ4n) is 0.461. The SMILES string of the molecule is COCCOCCOC(F)(F)Cl. The van der Waals surface area contributed by atoms with E-state index in [1.807, 2.05) is 0 Å². The molecule has 0 aliphatic heterocycles. The van der Waals surface area contributed by atoms with Gasteiger partial charge >= 0.3 is 5.57 Å². The Balaban J connectivity index is 3.01. The summed E-state index contributed by atoms with van der Waals surface area (Å²) in [6, 6.07) is 0. The Bertz CT molecular complexity index is 107. The van der Waals surface area contributed by atoms with E-state index in [-0.39, 0.29) is 13.2 Å². The first-order valence-electron chi connectivity index (χ1n) is 3.33. The lowest BCUT2D eigenvalue weighted by Gasteiger charge is -2.08. The number of ether oxygens (including phenoxy) is 3. The number of alkyl halides is 3. The Labute approximate surface area is 74.5 Å². The van der Waals surface area contributed by atoms with E-state index in [0.29, 0.717) is 13.2 Å². The zero-order valence-electron chi connectivity index (χ0n) is 6.69. The molecule has 0 N–H and O–H groups in total. The summed E-state index contributed by atoms with van der Waals surface area (Å²) in [5.74, 6) is 0. The van der Waals surface area contributed by atoms with Gasteiger partial charge in [0.25, 0.3) is 0 Å². The van der Waals surface area contributed by atoms with Gasteiger partial charge in [-0.25, -0.2) is 0 Å². The van der Waals surface area contributed by atoms with Gasteiger partial charge in [0.05, 0.1) is 26.4 Å². The van der Waals surface area contributed by atoms with Gasteiger partial charge in [-0.3, -0.25) is 0 Å². The van der Waals surface area contributed by atoms with Gasteiger partial charge < -0.3 is 14.2 Å². The number of hydrogen-bond acceptors (Lipinski definition) is 3. The van der Waals surface area contributed by atoms with Crippen LogP contribution in [0.4, 0.5) is 8.78 Å². The van der Waals surface area contributed by atoms with Crippen LogP contribution in [0.15, 0.2) is 0 Å². The molecule has 0 aromatic rings. The first kappa shape index (κ1) is 12.0. The molecule has 0 heterocycles. The minimum Gasteiger partial charge on any atom is -0.382 e. The van der Waals surface area contributed by atoms with Crippen LogP contribution < -0.4 is 0 Å². The highest BCUT2D eigenvalue weighted by Crippen LogP contribution is 2.19. The molecular weight excluding hydrogens is 194 g/mol. The molecular formula is C6H11ClF2O3. The predicted octanol–water partition coefficient (Wildman–Crippen LogP) is 1.46. The third-order valence-electron chi connectivity index (χ3n) is 0.925. The molecule has 0 aliphatic carbocycles. The molecule has 0 aromatic carbocycles. The summed E-state index contributed by atoms with van der Waals surface area (Å²) in [7, 11) is 1.52. The minimum absolute atomic E-state index is 0.0751. The van der Waals surface area contributed by atoms with Crippen LogP contribution in [0, 0.1) is 0 Å². The predicted molar refractivity (Wildman–Crippen MR) is 39.4 cm³/mol. The molecule has 0 saturated heterocycles. The van der Waals surface area contributed by atoms with Gasteiger partial charge in [0.1, 0.15) is 0 Å². The van der Waals surface area contributed by atoms with Crippen molar-refractivity contribution in [2.24, 2.45) is 0 Å². The average Bonchev–Trinajstić information content (AvgIpc) is 1.94. The summed E-state index contributed by atoms with van der Waals surface area (Å²) >= 11 is 4.44. The average molecular weight is 205 g/mol. The van der Waals surface area contributed by atoms with Gasteiger partial charge in [0.2, 0.25) is 0 Å². The molecule has 0 radical (unpaired) electrons. The highest BCUT2D eigenvalue weighted by molar-refractivity contribution is 6.20. The van der Waals surface area contributed by atoms with E-state index in [0.717, 1.165) is 0 Å². The van der Waals surface area contributed by atoms with E-state index in [1.165, 1.54) is 7.11 Å². The molecule has 0 atom stereocenters. The maximum atomic E-state index is 11.8. The normalized spacial score (nSPS) is 12.0. The van der Waals surface area contributed by atoms with E-state index in [2.05, 4.69) is 21.1 Å². The molecule has 0 aromatic heterocycles. The molecule has 0 unspecified atom stereocenters. The lowest BCUT2D eigenvalue weighted by atomic mass is 10.7. The van der Waals surface area contributed by atoms with Crippen molar-refractivity contribution < 1.29 is 23.0 Å². The van der Waals surface area contributed by atoms with Gasteiger partial charge in [0, 0.05) is 7.11 Å². The molecule has 0 rings (SSSR count). The molecule has 0 bridgehead atoms. The number of methoxy groups -OCH3 is 1. The molecule has 6 heteroatoms. The van der Waals surface area contributed by atoms with Crippen LogP contribution in [-0.4, -0.2) is 39.1 Å². The van der Waals surface area contributed by atoms with Crippen LogP contribution >= 0.6 is 11.6 Å². The highest BCUT2D eigenvalue weighted by atomic mass is 35.5. The second-order valence-electron chi connectivity index (χ2n) is 1.90. The Morgan fingerprint density at radius 3 is 2.25 bits per heavy atom. The quantitative estimate of drug-likeness (QED) is 0.464. The monoisotopic (exact) mass is 204 g/mol. The summed E-state index contributed by atoms with van der Waals surface area (Å²) in [5.41, 5.74) is -3.59. The van der Waals surface area contributed by atoms with Crippen molar-refractivity contribution in [1.82, 2.24) is 0 Å². The second kappa shape index (κ2) is 6.54. The van der Waals surface area contributed by atoms with E-state index in [9.17, 15) is 8.78 Å². The van der Waals surface area contributed by atoms with E-state index in [1.54, 1.807) is 0 Å². The third kappa shape index (κ3) is 10.0. The summed E-state index contributed by atoms with van der Waals surface area (Å²) in [5, 5.41) is 0. The van der Waals surface area contributed by atoms with Gasteiger partial charge in [-0.2, -0.15) is 8.78 Å². The van der Waals surface area contributed by atoms with Crippen molar-refractivity contribution in [3.63, 3.8) is 0 Å². The standard InChI is InChI=1S/C6H11ClF2O3/c1-10-2-3-11-4-5-12-6(7,8)9/h2-5H2,1H3. The van der Waals surface area contributed by atoms with Crippen molar-refractivity contribution in [1.29, 1.82) is 0 Å². The van der Waals surface area contributed by atoms with Gasteiger partial charge in [-0.15, -0.1) is 0 Å². The Morgan fingerprint density at radius 1 is 1.17 bits per heavy atom. The van der Waals surface area contributed by atoms with Crippen molar-refractivity contribution >= 4 is 11.6 Å². The Morgan fingerprint density at radius 2 is 1.75 bits per heavy atom. The van der Waals surface area contributed by atoms with Crippen LogP contribution in [0.5, 0.6) is 0 Å². The fraction of sp³-hybridized carbons (Fsp3) is 1.00. The first-order chi connectivity index (χ1) is 5.56. The van der Waals surface area contributed by atoms with Crippen molar-refractivity contribution in [2.45, 2.75) is 5.57 Å². The molecule has 0 saturated carbocycles. The fourth-order valence-corrected chi connectivity index (χ4v) is 0.538. The maximum absolute atomic E-state index is 11.8. The lowest BCUT2D eigenvalue weighted by Crippen LogP contribution is -2.16. The summed E-state index contributed by atoms with van der Waals surface area (Å²) in [6.07, 6.45) is 0. The molecule has 12 heavy (non-hydrogen) atoms. The van der Waals surface area contributed by atoms with E-state index >= 15 is 0 Å². The lowest BCUT2D eigenvalue weighted by molar-refractivity contribution is -0.178. The summed E-state index contributed by atoms with van der Waals surface area (Å²) in [6.45, 7) is 0.622.